The molecule has 1 aliphatic carbocycles. The summed E-state index contributed by atoms with van der Waals surface area (Å²) in [6.07, 6.45) is 2.35. The van der Waals surface area contributed by atoms with Crippen molar-refractivity contribution in [3.63, 3.8) is 0 Å². The smallest absolute Gasteiger partial charge is 0.125 e. The quantitative estimate of drug-likeness (QED) is 0.773. The molecule has 1 aromatic carbocycles. The van der Waals surface area contributed by atoms with E-state index in [1.165, 1.54) is 12.8 Å². The molecule has 1 saturated carbocycles. The van der Waals surface area contributed by atoms with Crippen molar-refractivity contribution in [1.82, 2.24) is 9.55 Å². The number of alkyl halides is 1. The molecular weight excluding hydrogens is 246 g/mol. The highest BCUT2D eigenvalue weighted by molar-refractivity contribution is 6.16. The van der Waals surface area contributed by atoms with Crippen LogP contribution in [0.4, 0.5) is 0 Å². The molecule has 1 aromatic heterocycles. The van der Waals surface area contributed by atoms with Crippen molar-refractivity contribution in [3.05, 3.63) is 29.6 Å². The van der Waals surface area contributed by atoms with Crippen molar-refractivity contribution >= 4 is 22.6 Å². The molecule has 92 valence electrons. The fourth-order valence-electron chi connectivity index (χ4n) is 2.78. The molecule has 0 unspecified atom stereocenters. The number of halogens is 1. The first-order valence-corrected chi connectivity index (χ1v) is 6.73. The standard InChI is InChI=1S/C14H14ClN3/c1-9-4-11(5-9)18-13-6-10(8-16)2-3-12(13)17-14(18)7-15/h2-3,6,9,11H,4-5,7H2,1H3. The van der Waals surface area contributed by atoms with Gasteiger partial charge in [-0.15, -0.1) is 11.6 Å². The van der Waals surface area contributed by atoms with Gasteiger partial charge in [-0.3, -0.25) is 0 Å². The third kappa shape index (κ3) is 1.69. The van der Waals surface area contributed by atoms with Crippen LogP contribution in [0.15, 0.2) is 18.2 Å². The van der Waals surface area contributed by atoms with E-state index >= 15 is 0 Å². The zero-order chi connectivity index (χ0) is 12.7. The van der Waals surface area contributed by atoms with E-state index in [2.05, 4.69) is 22.5 Å². The Balaban J connectivity index is 2.16. The second-order valence-electron chi connectivity index (χ2n) is 5.08. The molecule has 4 heteroatoms. The van der Waals surface area contributed by atoms with Gasteiger partial charge >= 0.3 is 0 Å². The van der Waals surface area contributed by atoms with Crippen molar-refractivity contribution in [2.75, 3.05) is 0 Å². The molecule has 0 bridgehead atoms. The number of fused-ring (bicyclic) bond motifs is 1. The second kappa shape index (κ2) is 4.29. The molecule has 1 aliphatic rings. The fourth-order valence-corrected chi connectivity index (χ4v) is 2.97. The molecule has 0 radical (unpaired) electrons. The van der Waals surface area contributed by atoms with Crippen LogP contribution in [0.25, 0.3) is 11.0 Å². The van der Waals surface area contributed by atoms with Gasteiger partial charge in [-0.1, -0.05) is 6.92 Å². The van der Waals surface area contributed by atoms with E-state index in [1.807, 2.05) is 12.1 Å². The molecule has 0 spiro atoms. The summed E-state index contributed by atoms with van der Waals surface area (Å²) in [6.45, 7) is 2.26. The van der Waals surface area contributed by atoms with E-state index in [0.717, 1.165) is 22.8 Å². The lowest BCUT2D eigenvalue weighted by Crippen LogP contribution is -2.25. The number of imidazole rings is 1. The Morgan fingerprint density at radius 1 is 1.50 bits per heavy atom. The normalized spacial score (nSPS) is 22.7. The Labute approximate surface area is 111 Å². The molecule has 18 heavy (non-hydrogen) atoms. The maximum Gasteiger partial charge on any atom is 0.125 e. The molecule has 2 aromatic rings. The van der Waals surface area contributed by atoms with Crippen LogP contribution in [0, 0.1) is 17.2 Å². The van der Waals surface area contributed by atoms with Gasteiger partial charge in [0.15, 0.2) is 0 Å². The van der Waals surface area contributed by atoms with Crippen LogP contribution in [-0.4, -0.2) is 9.55 Å². The highest BCUT2D eigenvalue weighted by Crippen LogP contribution is 2.40. The van der Waals surface area contributed by atoms with Crippen LogP contribution in [-0.2, 0) is 5.88 Å². The van der Waals surface area contributed by atoms with E-state index < -0.39 is 0 Å². The Bertz CT molecular complexity index is 632. The average Bonchev–Trinajstić information content (AvgIpc) is 2.72. The van der Waals surface area contributed by atoms with Crippen LogP contribution < -0.4 is 0 Å². The Kier molecular flexibility index (Phi) is 2.76. The van der Waals surface area contributed by atoms with Crippen LogP contribution in [0.2, 0.25) is 0 Å². The highest BCUT2D eigenvalue weighted by atomic mass is 35.5. The average molecular weight is 260 g/mol. The molecule has 0 saturated heterocycles. The van der Waals surface area contributed by atoms with Gasteiger partial charge in [-0.2, -0.15) is 5.26 Å². The SMILES string of the molecule is CC1CC(n2c(CCl)nc3ccc(C#N)cc32)C1. The lowest BCUT2D eigenvalue weighted by atomic mass is 9.81. The van der Waals surface area contributed by atoms with E-state index in [4.69, 9.17) is 16.9 Å². The zero-order valence-electron chi connectivity index (χ0n) is 10.2. The van der Waals surface area contributed by atoms with Crippen molar-refractivity contribution in [3.8, 4) is 6.07 Å². The minimum atomic E-state index is 0.418. The van der Waals surface area contributed by atoms with Crippen molar-refractivity contribution in [1.29, 1.82) is 5.26 Å². The predicted octanol–water partition coefficient (Wildman–Crippen LogP) is 3.62. The summed E-state index contributed by atoms with van der Waals surface area (Å²) in [5, 5.41) is 9.00. The third-order valence-electron chi connectivity index (χ3n) is 3.73. The number of nitrogens with zero attached hydrogens (tertiary/aromatic N) is 3. The van der Waals surface area contributed by atoms with Gasteiger partial charge in [-0.05, 0) is 37.0 Å². The van der Waals surface area contributed by atoms with Gasteiger partial charge in [0.05, 0.1) is 28.5 Å². The van der Waals surface area contributed by atoms with Crippen molar-refractivity contribution in [2.45, 2.75) is 31.7 Å². The summed E-state index contributed by atoms with van der Waals surface area (Å²) in [6, 6.07) is 8.31. The van der Waals surface area contributed by atoms with Gasteiger partial charge in [0.1, 0.15) is 5.82 Å². The van der Waals surface area contributed by atoms with Gasteiger partial charge < -0.3 is 4.57 Å². The lowest BCUT2D eigenvalue weighted by molar-refractivity contribution is 0.217. The highest BCUT2D eigenvalue weighted by Gasteiger charge is 2.29. The Morgan fingerprint density at radius 3 is 2.89 bits per heavy atom. The fraction of sp³-hybridized carbons (Fsp3) is 0.429. The lowest BCUT2D eigenvalue weighted by Gasteiger charge is -2.35. The number of hydrogen-bond acceptors (Lipinski definition) is 2. The second-order valence-corrected chi connectivity index (χ2v) is 5.34. The minimum Gasteiger partial charge on any atom is -0.324 e. The molecular formula is C14H14ClN3. The van der Waals surface area contributed by atoms with E-state index in [1.54, 1.807) is 6.07 Å². The largest absolute Gasteiger partial charge is 0.324 e. The molecule has 1 fully saturated rings. The van der Waals surface area contributed by atoms with Gasteiger partial charge in [0.25, 0.3) is 0 Å². The number of aromatic nitrogens is 2. The monoisotopic (exact) mass is 259 g/mol. The Hall–Kier alpha value is -1.53. The number of hydrogen-bond donors (Lipinski definition) is 0. The maximum absolute atomic E-state index is 9.00. The molecule has 0 aliphatic heterocycles. The van der Waals surface area contributed by atoms with Crippen molar-refractivity contribution in [2.24, 2.45) is 5.92 Å². The summed E-state index contributed by atoms with van der Waals surface area (Å²) in [5.74, 6) is 2.11. The first-order chi connectivity index (χ1) is 8.72. The summed E-state index contributed by atoms with van der Waals surface area (Å²) < 4.78 is 2.23. The Morgan fingerprint density at radius 2 is 2.28 bits per heavy atom. The number of benzene rings is 1. The number of nitriles is 1. The zero-order valence-corrected chi connectivity index (χ0v) is 11.0. The van der Waals surface area contributed by atoms with E-state index in [-0.39, 0.29) is 0 Å². The van der Waals surface area contributed by atoms with Gasteiger partial charge in [0.2, 0.25) is 0 Å². The third-order valence-corrected chi connectivity index (χ3v) is 3.96. The van der Waals surface area contributed by atoms with Crippen molar-refractivity contribution < 1.29 is 0 Å². The predicted molar refractivity (Wildman–Crippen MR) is 71.4 cm³/mol. The molecule has 0 atom stereocenters. The summed E-state index contributed by atoms with van der Waals surface area (Å²) in [7, 11) is 0. The van der Waals surface area contributed by atoms with Crippen LogP contribution in [0.5, 0.6) is 0 Å². The summed E-state index contributed by atoms with van der Waals surface area (Å²) in [5.41, 5.74) is 2.66. The van der Waals surface area contributed by atoms with Crippen LogP contribution >= 0.6 is 11.6 Å². The molecule has 0 amide bonds. The van der Waals surface area contributed by atoms with Gasteiger partial charge in [-0.25, -0.2) is 4.98 Å². The van der Waals surface area contributed by atoms with Gasteiger partial charge in [0, 0.05) is 6.04 Å². The van der Waals surface area contributed by atoms with E-state index in [9.17, 15) is 0 Å². The van der Waals surface area contributed by atoms with Crippen LogP contribution in [0.3, 0.4) is 0 Å². The van der Waals surface area contributed by atoms with Crippen LogP contribution in [0.1, 0.15) is 37.2 Å². The molecule has 0 N–H and O–H groups in total. The topological polar surface area (TPSA) is 41.6 Å². The first-order valence-electron chi connectivity index (χ1n) is 6.20. The summed E-state index contributed by atoms with van der Waals surface area (Å²) in [4.78, 5) is 4.56. The first kappa shape index (κ1) is 11.6. The number of rotatable bonds is 2. The summed E-state index contributed by atoms with van der Waals surface area (Å²) >= 11 is 5.99. The molecule has 3 rings (SSSR count). The maximum atomic E-state index is 9.00. The molecule has 1 heterocycles. The van der Waals surface area contributed by atoms with E-state index in [0.29, 0.717) is 17.5 Å². The molecule has 3 nitrogen and oxygen atoms in total. The minimum absolute atomic E-state index is 0.418.